The third-order valence-electron chi connectivity index (χ3n) is 4.37. The monoisotopic (exact) mass is 325 g/mol. The van der Waals surface area contributed by atoms with Gasteiger partial charge in [0.15, 0.2) is 0 Å². The molecular weight excluding hydrogens is 302 g/mol. The van der Waals surface area contributed by atoms with Gasteiger partial charge in [0, 0.05) is 24.2 Å². The average Bonchev–Trinajstić information content (AvgIpc) is 2.31. The van der Waals surface area contributed by atoms with E-state index in [2.05, 4.69) is 59.8 Å². The van der Waals surface area contributed by atoms with E-state index < -0.39 is 0 Å². The molecule has 0 aliphatic carbocycles. The van der Waals surface area contributed by atoms with Crippen LogP contribution in [-0.2, 0) is 0 Å². The van der Waals surface area contributed by atoms with E-state index in [0.29, 0.717) is 12.5 Å². The summed E-state index contributed by atoms with van der Waals surface area (Å²) in [6.07, 6.45) is 2.09. The fourth-order valence-corrected chi connectivity index (χ4v) is 3.91. The molecule has 0 aromatic heterocycles. The third-order valence-corrected chi connectivity index (χ3v) is 5.01. The quantitative estimate of drug-likeness (QED) is 0.908. The van der Waals surface area contributed by atoms with Gasteiger partial charge in [0.2, 0.25) is 0 Å². The fraction of sp³-hybridized carbons (Fsp3) is 0.625. The summed E-state index contributed by atoms with van der Waals surface area (Å²) in [6.45, 7) is 9.20. The summed E-state index contributed by atoms with van der Waals surface area (Å²) >= 11 is 3.68. The summed E-state index contributed by atoms with van der Waals surface area (Å²) in [7, 11) is 0. The molecule has 0 spiro atoms. The van der Waals surface area contributed by atoms with Crippen molar-refractivity contribution in [1.82, 2.24) is 0 Å². The molecule has 1 heterocycles. The lowest BCUT2D eigenvalue weighted by Gasteiger charge is -2.45. The van der Waals surface area contributed by atoms with Gasteiger partial charge in [-0.3, -0.25) is 0 Å². The summed E-state index contributed by atoms with van der Waals surface area (Å²) in [5, 5.41) is 9.19. The predicted octanol–water partition coefficient (Wildman–Crippen LogP) is 3.99. The highest BCUT2D eigenvalue weighted by Crippen LogP contribution is 2.40. The van der Waals surface area contributed by atoms with Crippen LogP contribution in [0.4, 0.5) is 5.69 Å². The van der Waals surface area contributed by atoms with Crippen LogP contribution < -0.4 is 4.90 Å². The second kappa shape index (κ2) is 5.84. The van der Waals surface area contributed by atoms with Crippen LogP contribution in [0.1, 0.15) is 32.3 Å². The van der Waals surface area contributed by atoms with Crippen LogP contribution in [-0.4, -0.2) is 24.8 Å². The molecule has 0 radical (unpaired) electrons. The topological polar surface area (TPSA) is 23.5 Å². The zero-order chi connectivity index (χ0) is 14.0. The summed E-state index contributed by atoms with van der Waals surface area (Å²) in [5.41, 5.74) is 2.83. The number of rotatable bonds is 3. The average molecular weight is 326 g/mol. The molecule has 1 aliphatic rings. The van der Waals surface area contributed by atoms with Crippen LogP contribution in [0, 0.1) is 18.3 Å². The molecule has 1 aromatic carbocycles. The number of halogens is 1. The van der Waals surface area contributed by atoms with Crippen LogP contribution >= 0.6 is 15.9 Å². The fourth-order valence-electron chi connectivity index (χ4n) is 3.17. The number of benzene rings is 1. The van der Waals surface area contributed by atoms with Crippen LogP contribution in [0.15, 0.2) is 22.7 Å². The van der Waals surface area contributed by atoms with Gasteiger partial charge in [0.25, 0.3) is 0 Å². The number of aryl methyl sites for hydroxylation is 1. The van der Waals surface area contributed by atoms with Gasteiger partial charge in [-0.15, -0.1) is 0 Å². The van der Waals surface area contributed by atoms with E-state index in [1.165, 1.54) is 15.7 Å². The Kier molecular flexibility index (Phi) is 4.57. The molecule has 0 saturated carbocycles. The van der Waals surface area contributed by atoms with Crippen LogP contribution in [0.2, 0.25) is 0 Å². The second-order valence-corrected chi connectivity index (χ2v) is 7.22. The SMILES string of the molecule is Cc1ccc(N2CCC(CCO)C(C)(C)C2)c(Br)c1. The van der Waals surface area contributed by atoms with Crippen molar-refractivity contribution in [2.45, 2.75) is 33.6 Å². The molecule has 1 N–H and O–H groups in total. The van der Waals surface area contributed by atoms with E-state index >= 15 is 0 Å². The largest absolute Gasteiger partial charge is 0.396 e. The van der Waals surface area contributed by atoms with Crippen molar-refractivity contribution in [3.63, 3.8) is 0 Å². The van der Waals surface area contributed by atoms with E-state index in [1.54, 1.807) is 0 Å². The maximum atomic E-state index is 9.19. The number of piperidine rings is 1. The molecule has 2 rings (SSSR count). The van der Waals surface area contributed by atoms with Crippen molar-refractivity contribution in [3.8, 4) is 0 Å². The minimum Gasteiger partial charge on any atom is -0.396 e. The molecule has 1 atom stereocenters. The van der Waals surface area contributed by atoms with Crippen LogP contribution in [0.3, 0.4) is 0 Å². The predicted molar refractivity (Wildman–Crippen MR) is 84.7 cm³/mol. The van der Waals surface area contributed by atoms with E-state index in [-0.39, 0.29) is 5.41 Å². The standard InChI is InChI=1S/C16H24BrNO/c1-12-4-5-15(14(17)10-12)18-8-6-13(7-9-19)16(2,3)11-18/h4-5,10,13,19H,6-9,11H2,1-3H3. The van der Waals surface area contributed by atoms with Crippen molar-refractivity contribution >= 4 is 21.6 Å². The Morgan fingerprint density at radius 2 is 2.16 bits per heavy atom. The number of aliphatic hydroxyl groups excluding tert-OH is 1. The van der Waals surface area contributed by atoms with Gasteiger partial charge in [0.1, 0.15) is 0 Å². The molecular formula is C16H24BrNO. The summed E-state index contributed by atoms with van der Waals surface area (Å²) in [4.78, 5) is 2.47. The molecule has 2 nitrogen and oxygen atoms in total. The Labute approximate surface area is 124 Å². The Morgan fingerprint density at radius 3 is 2.74 bits per heavy atom. The lowest BCUT2D eigenvalue weighted by atomic mass is 9.72. The van der Waals surface area contributed by atoms with Gasteiger partial charge in [-0.2, -0.15) is 0 Å². The van der Waals surface area contributed by atoms with Gasteiger partial charge in [-0.1, -0.05) is 19.9 Å². The Morgan fingerprint density at radius 1 is 1.42 bits per heavy atom. The van der Waals surface area contributed by atoms with Crippen molar-refractivity contribution in [3.05, 3.63) is 28.2 Å². The molecule has 1 aromatic rings. The van der Waals surface area contributed by atoms with E-state index in [0.717, 1.165) is 25.9 Å². The normalized spacial score (nSPS) is 22.6. The third kappa shape index (κ3) is 3.32. The molecule has 1 unspecified atom stereocenters. The Hall–Kier alpha value is -0.540. The lowest BCUT2D eigenvalue weighted by molar-refractivity contribution is 0.134. The number of nitrogens with zero attached hydrogens (tertiary/aromatic N) is 1. The molecule has 19 heavy (non-hydrogen) atoms. The van der Waals surface area contributed by atoms with Gasteiger partial charge in [-0.05, 0) is 64.7 Å². The molecule has 1 saturated heterocycles. The summed E-state index contributed by atoms with van der Waals surface area (Å²) in [5.74, 6) is 0.623. The maximum absolute atomic E-state index is 9.19. The van der Waals surface area contributed by atoms with Gasteiger partial charge in [-0.25, -0.2) is 0 Å². The highest BCUT2D eigenvalue weighted by Gasteiger charge is 2.35. The first kappa shape index (κ1) is 14.9. The summed E-state index contributed by atoms with van der Waals surface area (Å²) < 4.78 is 1.18. The zero-order valence-corrected chi connectivity index (χ0v) is 13.7. The van der Waals surface area contributed by atoms with Crippen molar-refractivity contribution in [2.24, 2.45) is 11.3 Å². The first-order chi connectivity index (χ1) is 8.94. The molecule has 0 bridgehead atoms. The molecule has 1 fully saturated rings. The van der Waals surface area contributed by atoms with E-state index in [4.69, 9.17) is 0 Å². The molecule has 0 amide bonds. The lowest BCUT2D eigenvalue weighted by Crippen LogP contribution is -2.46. The van der Waals surface area contributed by atoms with Crippen molar-refractivity contribution in [1.29, 1.82) is 0 Å². The summed E-state index contributed by atoms with van der Waals surface area (Å²) in [6, 6.07) is 6.57. The van der Waals surface area contributed by atoms with E-state index in [9.17, 15) is 5.11 Å². The minimum absolute atomic E-state index is 0.255. The number of aliphatic hydroxyl groups is 1. The molecule has 3 heteroatoms. The zero-order valence-electron chi connectivity index (χ0n) is 12.1. The Bertz CT molecular complexity index is 444. The first-order valence-corrected chi connectivity index (χ1v) is 7.85. The Balaban J connectivity index is 2.16. The van der Waals surface area contributed by atoms with Crippen molar-refractivity contribution in [2.75, 3.05) is 24.6 Å². The smallest absolute Gasteiger partial charge is 0.0511 e. The molecule has 1 aliphatic heterocycles. The van der Waals surface area contributed by atoms with Crippen LogP contribution in [0.25, 0.3) is 0 Å². The van der Waals surface area contributed by atoms with Crippen molar-refractivity contribution < 1.29 is 5.11 Å². The number of anilines is 1. The van der Waals surface area contributed by atoms with E-state index in [1.807, 2.05) is 0 Å². The second-order valence-electron chi connectivity index (χ2n) is 6.36. The van der Waals surface area contributed by atoms with Crippen LogP contribution in [0.5, 0.6) is 0 Å². The minimum atomic E-state index is 0.255. The highest BCUT2D eigenvalue weighted by molar-refractivity contribution is 9.10. The molecule has 106 valence electrons. The van der Waals surface area contributed by atoms with Gasteiger partial charge >= 0.3 is 0 Å². The number of hydrogen-bond donors (Lipinski definition) is 1. The maximum Gasteiger partial charge on any atom is 0.0511 e. The van der Waals surface area contributed by atoms with Gasteiger partial charge < -0.3 is 10.0 Å². The number of hydrogen-bond acceptors (Lipinski definition) is 2. The highest BCUT2D eigenvalue weighted by atomic mass is 79.9. The van der Waals surface area contributed by atoms with Gasteiger partial charge in [0.05, 0.1) is 5.69 Å². The first-order valence-electron chi connectivity index (χ1n) is 7.06.